The molecule has 0 spiro atoms. The Morgan fingerprint density at radius 3 is 2.13 bits per heavy atom. The summed E-state index contributed by atoms with van der Waals surface area (Å²) < 4.78 is 5.89. The molecule has 2 nitrogen and oxygen atoms in total. The van der Waals surface area contributed by atoms with Gasteiger partial charge in [-0.25, -0.2) is 0 Å². The fraction of sp³-hybridized carbons (Fsp3) is 0.700. The van der Waals surface area contributed by atoms with Crippen molar-refractivity contribution in [1.82, 2.24) is 4.90 Å². The van der Waals surface area contributed by atoms with Gasteiger partial charge in [-0.2, -0.15) is 0 Å². The van der Waals surface area contributed by atoms with Crippen LogP contribution in [0.15, 0.2) is 18.2 Å². The molecule has 2 unspecified atom stereocenters. The standard InChI is InChI=1S/C20H34ClNO/c1-8-16(7)19(13-22(14(3)4)15(5)6)18-12-17(21)10-11-20(18)23-9-2/h10-12,14-16,19H,8-9,13H2,1-7H3. The molecule has 0 radical (unpaired) electrons. The highest BCUT2D eigenvalue weighted by Crippen LogP contribution is 2.36. The first-order chi connectivity index (χ1) is 10.8. The van der Waals surface area contributed by atoms with Gasteiger partial charge in [-0.05, 0) is 58.7 Å². The predicted octanol–water partition coefficient (Wildman–Crippen LogP) is 5.99. The normalized spacial score (nSPS) is 14.6. The largest absolute Gasteiger partial charge is 0.494 e. The third kappa shape index (κ3) is 5.69. The maximum atomic E-state index is 6.30. The SMILES string of the molecule is CCOc1ccc(Cl)cc1C(CN(C(C)C)C(C)C)C(C)CC. The van der Waals surface area contributed by atoms with Crippen LogP contribution in [0.5, 0.6) is 5.75 Å². The first kappa shape index (κ1) is 20.3. The summed E-state index contributed by atoms with van der Waals surface area (Å²) in [5.41, 5.74) is 1.25. The smallest absolute Gasteiger partial charge is 0.122 e. The lowest BCUT2D eigenvalue weighted by Crippen LogP contribution is -2.41. The van der Waals surface area contributed by atoms with Gasteiger partial charge >= 0.3 is 0 Å². The fourth-order valence-corrected chi connectivity index (χ4v) is 3.39. The summed E-state index contributed by atoms with van der Waals surface area (Å²) in [5, 5.41) is 0.789. The summed E-state index contributed by atoms with van der Waals surface area (Å²) in [4.78, 5) is 2.56. The molecule has 0 amide bonds. The van der Waals surface area contributed by atoms with E-state index in [1.807, 2.05) is 19.1 Å². The summed E-state index contributed by atoms with van der Waals surface area (Å²) in [7, 11) is 0. The minimum Gasteiger partial charge on any atom is -0.494 e. The van der Waals surface area contributed by atoms with Gasteiger partial charge in [0.05, 0.1) is 6.61 Å². The molecule has 1 aromatic carbocycles. The van der Waals surface area contributed by atoms with Crippen LogP contribution in [0.4, 0.5) is 0 Å². The highest BCUT2D eigenvalue weighted by molar-refractivity contribution is 6.30. The van der Waals surface area contributed by atoms with Crippen molar-refractivity contribution in [1.29, 1.82) is 0 Å². The average Bonchev–Trinajstić information content (AvgIpc) is 2.49. The Labute approximate surface area is 148 Å². The molecule has 0 bridgehead atoms. The van der Waals surface area contributed by atoms with Crippen molar-refractivity contribution in [3.8, 4) is 5.75 Å². The molecule has 0 saturated heterocycles. The maximum Gasteiger partial charge on any atom is 0.122 e. The molecule has 1 aromatic rings. The van der Waals surface area contributed by atoms with Gasteiger partial charge in [0.25, 0.3) is 0 Å². The van der Waals surface area contributed by atoms with Crippen LogP contribution in [0.2, 0.25) is 5.02 Å². The summed E-state index contributed by atoms with van der Waals surface area (Å²) in [6.07, 6.45) is 1.15. The molecule has 1 rings (SSSR count). The monoisotopic (exact) mass is 339 g/mol. The minimum absolute atomic E-state index is 0.421. The second-order valence-corrected chi connectivity index (χ2v) is 7.43. The molecule has 0 aromatic heterocycles. The van der Waals surface area contributed by atoms with Crippen LogP contribution in [-0.4, -0.2) is 30.1 Å². The summed E-state index contributed by atoms with van der Waals surface area (Å²) in [5.74, 6) is 1.98. The third-order valence-corrected chi connectivity index (χ3v) is 4.97. The zero-order valence-corrected chi connectivity index (χ0v) is 16.7. The van der Waals surface area contributed by atoms with Crippen molar-refractivity contribution in [3.05, 3.63) is 28.8 Å². The molecule has 0 N–H and O–H groups in total. The molecule has 0 fully saturated rings. The van der Waals surface area contributed by atoms with E-state index in [4.69, 9.17) is 16.3 Å². The molecule has 3 heteroatoms. The quantitative estimate of drug-likeness (QED) is 0.548. The zero-order chi connectivity index (χ0) is 17.6. The number of benzene rings is 1. The third-order valence-electron chi connectivity index (χ3n) is 4.74. The van der Waals surface area contributed by atoms with Crippen molar-refractivity contribution in [2.24, 2.45) is 5.92 Å². The van der Waals surface area contributed by atoms with Crippen LogP contribution in [-0.2, 0) is 0 Å². The van der Waals surface area contributed by atoms with E-state index in [-0.39, 0.29) is 0 Å². The molecule has 0 saturated carbocycles. The van der Waals surface area contributed by atoms with Gasteiger partial charge in [-0.1, -0.05) is 31.9 Å². The molecule has 0 heterocycles. The highest BCUT2D eigenvalue weighted by atomic mass is 35.5. The van der Waals surface area contributed by atoms with Crippen LogP contribution >= 0.6 is 11.6 Å². The van der Waals surface area contributed by atoms with Crippen molar-refractivity contribution in [2.45, 2.75) is 72.9 Å². The van der Waals surface area contributed by atoms with E-state index < -0.39 is 0 Å². The molecule has 2 atom stereocenters. The van der Waals surface area contributed by atoms with Gasteiger partial charge in [0, 0.05) is 35.1 Å². The average molecular weight is 340 g/mol. The van der Waals surface area contributed by atoms with Gasteiger partial charge in [0.15, 0.2) is 0 Å². The Morgan fingerprint density at radius 1 is 1.04 bits per heavy atom. The van der Waals surface area contributed by atoms with Gasteiger partial charge in [-0.15, -0.1) is 0 Å². The highest BCUT2D eigenvalue weighted by Gasteiger charge is 2.26. The number of halogens is 1. The van der Waals surface area contributed by atoms with Crippen LogP contribution in [0.25, 0.3) is 0 Å². The Hall–Kier alpha value is -0.730. The topological polar surface area (TPSA) is 12.5 Å². The molecular weight excluding hydrogens is 306 g/mol. The second kappa shape index (κ2) is 9.54. The van der Waals surface area contributed by atoms with Crippen LogP contribution in [0.1, 0.15) is 66.4 Å². The fourth-order valence-electron chi connectivity index (χ4n) is 3.21. The first-order valence-corrected chi connectivity index (χ1v) is 9.37. The summed E-state index contributed by atoms with van der Waals surface area (Å²) in [6.45, 7) is 17.4. The Kier molecular flexibility index (Phi) is 8.42. The van der Waals surface area contributed by atoms with Gasteiger partial charge < -0.3 is 4.74 Å². The van der Waals surface area contributed by atoms with Crippen molar-refractivity contribution >= 4 is 11.6 Å². The number of rotatable bonds is 9. The van der Waals surface area contributed by atoms with E-state index in [2.05, 4.69) is 52.5 Å². The van der Waals surface area contributed by atoms with E-state index in [0.29, 0.717) is 30.5 Å². The van der Waals surface area contributed by atoms with Crippen molar-refractivity contribution in [3.63, 3.8) is 0 Å². The number of ether oxygens (including phenoxy) is 1. The van der Waals surface area contributed by atoms with E-state index in [9.17, 15) is 0 Å². The second-order valence-electron chi connectivity index (χ2n) is 6.99. The van der Waals surface area contributed by atoms with Gasteiger partial charge in [0.2, 0.25) is 0 Å². The molecule has 0 aliphatic rings. The number of nitrogens with zero attached hydrogens (tertiary/aromatic N) is 1. The van der Waals surface area contributed by atoms with Crippen LogP contribution < -0.4 is 4.74 Å². The van der Waals surface area contributed by atoms with Crippen LogP contribution in [0, 0.1) is 5.92 Å². The number of hydrogen-bond donors (Lipinski definition) is 0. The molecule has 132 valence electrons. The molecule has 0 aliphatic heterocycles. The van der Waals surface area contributed by atoms with Crippen LogP contribution in [0.3, 0.4) is 0 Å². The first-order valence-electron chi connectivity index (χ1n) is 8.99. The number of hydrogen-bond acceptors (Lipinski definition) is 2. The Balaban J connectivity index is 3.23. The van der Waals surface area contributed by atoms with E-state index in [1.165, 1.54) is 5.56 Å². The van der Waals surface area contributed by atoms with E-state index in [1.54, 1.807) is 0 Å². The lowest BCUT2D eigenvalue weighted by molar-refractivity contribution is 0.148. The zero-order valence-electron chi connectivity index (χ0n) is 15.9. The minimum atomic E-state index is 0.421. The Bertz CT molecular complexity index is 465. The molecular formula is C20H34ClNO. The van der Waals surface area contributed by atoms with Crippen molar-refractivity contribution < 1.29 is 4.74 Å². The van der Waals surface area contributed by atoms with Crippen molar-refractivity contribution in [2.75, 3.05) is 13.2 Å². The lowest BCUT2D eigenvalue weighted by Gasteiger charge is -2.36. The summed E-state index contributed by atoms with van der Waals surface area (Å²) in [6, 6.07) is 7.09. The Morgan fingerprint density at radius 2 is 1.65 bits per heavy atom. The lowest BCUT2D eigenvalue weighted by atomic mass is 9.84. The van der Waals surface area contributed by atoms with Gasteiger partial charge in [0.1, 0.15) is 5.75 Å². The van der Waals surface area contributed by atoms with E-state index >= 15 is 0 Å². The molecule has 0 aliphatic carbocycles. The van der Waals surface area contributed by atoms with Gasteiger partial charge in [-0.3, -0.25) is 4.90 Å². The molecule has 23 heavy (non-hydrogen) atoms. The van der Waals surface area contributed by atoms with E-state index in [0.717, 1.165) is 23.7 Å². The predicted molar refractivity (Wildman–Crippen MR) is 102 cm³/mol. The summed E-state index contributed by atoms with van der Waals surface area (Å²) >= 11 is 6.30. The maximum absolute atomic E-state index is 6.30.